The number of carbonyl (C=O) groups excluding carboxylic acids is 2. The number of amides is 2. The fraction of sp³-hybridized carbons (Fsp3) is 0.500. The zero-order valence-electron chi connectivity index (χ0n) is 17.6. The molecule has 0 aliphatic carbocycles. The van der Waals surface area contributed by atoms with Crippen molar-refractivity contribution in [2.75, 3.05) is 39.9 Å². The van der Waals surface area contributed by atoms with Crippen LogP contribution in [0.1, 0.15) is 45.0 Å². The molecule has 8 heteroatoms. The van der Waals surface area contributed by atoms with Crippen molar-refractivity contribution in [1.82, 2.24) is 15.0 Å². The number of aryl methyl sites for hydroxylation is 2. The van der Waals surface area contributed by atoms with Gasteiger partial charge in [0.25, 0.3) is 11.8 Å². The number of benzene rings is 1. The molecule has 8 nitrogen and oxygen atoms in total. The van der Waals surface area contributed by atoms with Crippen LogP contribution in [0.4, 0.5) is 0 Å². The molecule has 3 heterocycles. The molecule has 1 aromatic carbocycles. The number of carbonyl (C=O) groups is 2. The number of methoxy groups -OCH3 is 1. The lowest BCUT2D eigenvalue weighted by Gasteiger charge is -2.47. The Bertz CT molecular complexity index is 909. The molecule has 2 amide bonds. The van der Waals surface area contributed by atoms with Crippen LogP contribution in [0.25, 0.3) is 0 Å². The summed E-state index contributed by atoms with van der Waals surface area (Å²) < 4.78 is 16.5. The first-order valence-corrected chi connectivity index (χ1v) is 10.2. The van der Waals surface area contributed by atoms with E-state index in [0.717, 1.165) is 5.75 Å². The molecule has 2 fully saturated rings. The maximum Gasteiger partial charge on any atom is 0.259 e. The van der Waals surface area contributed by atoms with Gasteiger partial charge in [-0.2, -0.15) is 0 Å². The summed E-state index contributed by atoms with van der Waals surface area (Å²) in [4.78, 5) is 29.6. The van der Waals surface area contributed by atoms with Crippen molar-refractivity contribution in [3.63, 3.8) is 0 Å². The third-order valence-electron chi connectivity index (χ3n) is 6.08. The lowest BCUT2D eigenvalue weighted by Crippen LogP contribution is -2.58. The zero-order chi connectivity index (χ0) is 21.3. The molecular weight excluding hydrogens is 386 g/mol. The van der Waals surface area contributed by atoms with E-state index in [4.69, 9.17) is 14.0 Å². The lowest BCUT2D eigenvalue weighted by molar-refractivity contribution is -0.123. The first-order valence-electron chi connectivity index (χ1n) is 10.2. The van der Waals surface area contributed by atoms with E-state index in [1.165, 1.54) is 0 Å². The van der Waals surface area contributed by atoms with Gasteiger partial charge in [-0.05, 0) is 51.0 Å². The predicted octanol–water partition coefficient (Wildman–Crippen LogP) is 2.45. The maximum atomic E-state index is 13.0. The Morgan fingerprint density at radius 3 is 2.33 bits per heavy atom. The van der Waals surface area contributed by atoms with Gasteiger partial charge < -0.3 is 23.8 Å². The average molecular weight is 413 g/mol. The van der Waals surface area contributed by atoms with Gasteiger partial charge in [0.1, 0.15) is 17.1 Å². The number of likely N-dealkylation sites (tertiary alicyclic amines) is 1. The Morgan fingerprint density at radius 1 is 1.03 bits per heavy atom. The van der Waals surface area contributed by atoms with Gasteiger partial charge in [-0.1, -0.05) is 5.16 Å². The van der Waals surface area contributed by atoms with Gasteiger partial charge in [0.05, 0.1) is 31.6 Å². The van der Waals surface area contributed by atoms with Crippen molar-refractivity contribution in [3.05, 3.63) is 46.8 Å². The standard InChI is InChI=1S/C22H27N3O5/c1-15-19(16(2)30-23-15)21(27)24-10-8-22(9-11-24)14-25(12-13-29-22)20(26)17-4-6-18(28-3)7-5-17/h4-7H,8-14H2,1-3H3. The van der Waals surface area contributed by atoms with E-state index in [2.05, 4.69) is 5.16 Å². The molecule has 4 rings (SSSR count). The molecular formula is C22H27N3O5. The summed E-state index contributed by atoms with van der Waals surface area (Å²) in [6.07, 6.45) is 1.38. The Kier molecular flexibility index (Phi) is 5.51. The van der Waals surface area contributed by atoms with Crippen LogP contribution in [0, 0.1) is 13.8 Å². The molecule has 2 aliphatic heterocycles. The monoisotopic (exact) mass is 413 g/mol. The number of ether oxygens (including phenoxy) is 2. The van der Waals surface area contributed by atoms with Crippen LogP contribution >= 0.6 is 0 Å². The number of piperidine rings is 1. The lowest BCUT2D eigenvalue weighted by atomic mass is 9.88. The minimum atomic E-state index is -0.407. The number of hydrogen-bond acceptors (Lipinski definition) is 6. The van der Waals surface area contributed by atoms with Crippen molar-refractivity contribution >= 4 is 11.8 Å². The molecule has 0 N–H and O–H groups in total. The molecule has 160 valence electrons. The Labute approximate surface area is 175 Å². The SMILES string of the molecule is COc1ccc(C(=O)N2CCOC3(CCN(C(=O)c4c(C)noc4C)CC3)C2)cc1. The van der Waals surface area contributed by atoms with Gasteiger partial charge in [-0.3, -0.25) is 9.59 Å². The summed E-state index contributed by atoms with van der Waals surface area (Å²) in [6, 6.07) is 7.16. The molecule has 1 spiro atoms. The number of rotatable bonds is 3. The van der Waals surface area contributed by atoms with E-state index in [0.29, 0.717) is 68.2 Å². The van der Waals surface area contributed by atoms with E-state index < -0.39 is 5.60 Å². The summed E-state index contributed by atoms with van der Waals surface area (Å²) >= 11 is 0. The third kappa shape index (κ3) is 3.79. The molecule has 2 aliphatic rings. The van der Waals surface area contributed by atoms with Crippen LogP contribution in [-0.2, 0) is 4.74 Å². The molecule has 0 radical (unpaired) electrons. The second-order valence-electron chi connectivity index (χ2n) is 7.98. The molecule has 0 saturated carbocycles. The van der Waals surface area contributed by atoms with Crippen molar-refractivity contribution in [3.8, 4) is 5.75 Å². The fourth-order valence-corrected chi connectivity index (χ4v) is 4.30. The van der Waals surface area contributed by atoms with Crippen LogP contribution in [0.3, 0.4) is 0 Å². The summed E-state index contributed by atoms with van der Waals surface area (Å²) in [7, 11) is 1.60. The van der Waals surface area contributed by atoms with E-state index in [-0.39, 0.29) is 11.8 Å². The van der Waals surface area contributed by atoms with Crippen molar-refractivity contribution < 1.29 is 23.6 Å². The van der Waals surface area contributed by atoms with Gasteiger partial charge in [-0.25, -0.2) is 0 Å². The summed E-state index contributed by atoms with van der Waals surface area (Å²) in [5, 5.41) is 3.89. The third-order valence-corrected chi connectivity index (χ3v) is 6.08. The highest BCUT2D eigenvalue weighted by atomic mass is 16.5. The normalized spacial score (nSPS) is 18.5. The Morgan fingerprint density at radius 2 is 1.73 bits per heavy atom. The van der Waals surface area contributed by atoms with Crippen LogP contribution in [0.15, 0.2) is 28.8 Å². The Balaban J connectivity index is 1.41. The second-order valence-corrected chi connectivity index (χ2v) is 7.98. The van der Waals surface area contributed by atoms with Crippen LogP contribution in [-0.4, -0.2) is 72.3 Å². The van der Waals surface area contributed by atoms with Gasteiger partial charge in [0.2, 0.25) is 0 Å². The Hall–Kier alpha value is -2.87. The zero-order valence-corrected chi connectivity index (χ0v) is 17.6. The highest BCUT2D eigenvalue weighted by Gasteiger charge is 2.42. The van der Waals surface area contributed by atoms with E-state index >= 15 is 0 Å². The molecule has 1 aromatic heterocycles. The smallest absolute Gasteiger partial charge is 0.259 e. The maximum absolute atomic E-state index is 13.0. The van der Waals surface area contributed by atoms with Gasteiger partial charge >= 0.3 is 0 Å². The minimum Gasteiger partial charge on any atom is -0.497 e. The van der Waals surface area contributed by atoms with Crippen molar-refractivity contribution in [2.45, 2.75) is 32.3 Å². The molecule has 2 aromatic rings. The first-order chi connectivity index (χ1) is 14.4. The van der Waals surface area contributed by atoms with Crippen molar-refractivity contribution in [1.29, 1.82) is 0 Å². The fourth-order valence-electron chi connectivity index (χ4n) is 4.30. The van der Waals surface area contributed by atoms with Crippen molar-refractivity contribution in [2.24, 2.45) is 0 Å². The number of hydrogen-bond donors (Lipinski definition) is 0. The quantitative estimate of drug-likeness (QED) is 0.768. The molecule has 2 saturated heterocycles. The van der Waals surface area contributed by atoms with E-state index in [9.17, 15) is 9.59 Å². The topological polar surface area (TPSA) is 85.1 Å². The highest BCUT2D eigenvalue weighted by Crippen LogP contribution is 2.32. The number of nitrogens with zero attached hydrogens (tertiary/aromatic N) is 3. The van der Waals surface area contributed by atoms with Crippen LogP contribution < -0.4 is 4.74 Å². The molecule has 0 atom stereocenters. The summed E-state index contributed by atoms with van der Waals surface area (Å²) in [5.41, 5.74) is 1.39. The average Bonchev–Trinajstić information content (AvgIpc) is 3.11. The molecule has 0 bridgehead atoms. The van der Waals surface area contributed by atoms with Gasteiger partial charge in [0.15, 0.2) is 0 Å². The predicted molar refractivity (Wildman–Crippen MR) is 109 cm³/mol. The molecule has 0 unspecified atom stereocenters. The van der Waals surface area contributed by atoms with Crippen LogP contribution in [0.2, 0.25) is 0 Å². The minimum absolute atomic E-state index is 0.00504. The summed E-state index contributed by atoms with van der Waals surface area (Å²) in [5.74, 6) is 1.21. The van der Waals surface area contributed by atoms with E-state index in [1.54, 1.807) is 45.2 Å². The second kappa shape index (κ2) is 8.10. The molecule has 30 heavy (non-hydrogen) atoms. The van der Waals surface area contributed by atoms with Crippen LogP contribution in [0.5, 0.6) is 5.75 Å². The van der Waals surface area contributed by atoms with Gasteiger partial charge in [0, 0.05) is 25.2 Å². The van der Waals surface area contributed by atoms with Gasteiger partial charge in [-0.15, -0.1) is 0 Å². The highest BCUT2D eigenvalue weighted by molar-refractivity contribution is 5.96. The van der Waals surface area contributed by atoms with E-state index in [1.807, 2.05) is 9.80 Å². The number of aromatic nitrogens is 1. The largest absolute Gasteiger partial charge is 0.497 e. The first kappa shape index (κ1) is 20.4. The number of morpholine rings is 1. The summed E-state index contributed by atoms with van der Waals surface area (Å²) in [6.45, 7) is 6.29.